The van der Waals surface area contributed by atoms with Crippen LogP contribution >= 0.6 is 0 Å². The summed E-state index contributed by atoms with van der Waals surface area (Å²) in [4.78, 5) is 8.02. The molecule has 0 bridgehead atoms. The fourth-order valence-electron chi connectivity index (χ4n) is 1.98. The Morgan fingerprint density at radius 1 is 1.30 bits per heavy atom. The highest BCUT2D eigenvalue weighted by atomic mass is 16.5. The van der Waals surface area contributed by atoms with Gasteiger partial charge < -0.3 is 14.4 Å². The van der Waals surface area contributed by atoms with Crippen molar-refractivity contribution < 1.29 is 4.52 Å². The molecule has 6 heteroatoms. The summed E-state index contributed by atoms with van der Waals surface area (Å²) in [6, 6.07) is 8.56. The van der Waals surface area contributed by atoms with Crippen LogP contribution in [0, 0.1) is 0 Å². The lowest BCUT2D eigenvalue weighted by molar-refractivity contribution is 0.405. The van der Waals surface area contributed by atoms with Crippen LogP contribution in [0.25, 0.3) is 5.69 Å². The fourth-order valence-corrected chi connectivity index (χ4v) is 1.98. The van der Waals surface area contributed by atoms with Crippen molar-refractivity contribution in [2.75, 3.05) is 0 Å². The van der Waals surface area contributed by atoms with E-state index in [1.807, 2.05) is 10.8 Å². The lowest BCUT2D eigenvalue weighted by atomic mass is 10.1. The summed E-state index contributed by atoms with van der Waals surface area (Å²) < 4.78 is 6.67. The van der Waals surface area contributed by atoms with E-state index in [2.05, 4.69) is 51.6 Å². The van der Waals surface area contributed by atoms with Gasteiger partial charge >= 0.3 is 0 Å². The summed E-state index contributed by atoms with van der Waals surface area (Å²) in [5.41, 5.74) is 2.30. The minimum Gasteiger partial charge on any atom is -0.343 e. The number of nitrogens with zero attached hydrogens (tertiary/aromatic N) is 4. The van der Waals surface area contributed by atoms with E-state index in [-0.39, 0.29) is 6.04 Å². The molecule has 0 amide bonds. The molecule has 0 aliphatic heterocycles. The number of rotatable bonds is 5. The average molecular weight is 269 g/mol. The molecule has 0 spiro atoms. The molecule has 0 radical (unpaired) electrons. The zero-order valence-corrected chi connectivity index (χ0v) is 11.1. The Hall–Kier alpha value is -2.47. The van der Waals surface area contributed by atoms with Crippen molar-refractivity contribution in [2.45, 2.75) is 19.5 Å². The SMILES string of the molecule is CC(NCc1ncon1)c1ccc(-n2ccnc2)cc1. The fraction of sp³-hybridized carbons (Fsp3) is 0.214. The molecule has 20 heavy (non-hydrogen) atoms. The highest BCUT2D eigenvalue weighted by Gasteiger charge is 2.07. The van der Waals surface area contributed by atoms with E-state index in [9.17, 15) is 0 Å². The number of imidazole rings is 1. The first kappa shape index (κ1) is 12.6. The lowest BCUT2D eigenvalue weighted by Crippen LogP contribution is -2.18. The van der Waals surface area contributed by atoms with Gasteiger partial charge in [-0.1, -0.05) is 17.3 Å². The molecule has 1 atom stereocenters. The van der Waals surface area contributed by atoms with E-state index in [1.165, 1.54) is 12.0 Å². The molecule has 0 aliphatic carbocycles. The molecule has 3 aromatic rings. The number of hydrogen-bond acceptors (Lipinski definition) is 5. The molecule has 0 fully saturated rings. The van der Waals surface area contributed by atoms with Gasteiger partial charge in [-0.25, -0.2) is 4.98 Å². The van der Waals surface area contributed by atoms with Gasteiger partial charge in [-0.3, -0.25) is 0 Å². The van der Waals surface area contributed by atoms with Crippen LogP contribution < -0.4 is 5.32 Å². The van der Waals surface area contributed by atoms with Gasteiger partial charge in [-0.2, -0.15) is 4.98 Å². The summed E-state index contributed by atoms with van der Waals surface area (Å²) >= 11 is 0. The summed E-state index contributed by atoms with van der Waals surface area (Å²) in [7, 11) is 0. The predicted octanol–water partition coefficient (Wildman–Crippen LogP) is 2.11. The van der Waals surface area contributed by atoms with Crippen molar-refractivity contribution in [1.82, 2.24) is 25.0 Å². The van der Waals surface area contributed by atoms with Gasteiger partial charge in [0.05, 0.1) is 12.9 Å². The number of hydrogen-bond donors (Lipinski definition) is 1. The Morgan fingerprint density at radius 2 is 2.15 bits per heavy atom. The van der Waals surface area contributed by atoms with Crippen LogP contribution in [0.2, 0.25) is 0 Å². The van der Waals surface area contributed by atoms with Crippen LogP contribution in [0.1, 0.15) is 24.4 Å². The molecule has 0 saturated carbocycles. The van der Waals surface area contributed by atoms with E-state index >= 15 is 0 Å². The van der Waals surface area contributed by atoms with E-state index in [0.717, 1.165) is 5.69 Å². The van der Waals surface area contributed by atoms with E-state index in [4.69, 9.17) is 4.52 Å². The molecular formula is C14H15N5O. The maximum absolute atomic E-state index is 4.70. The van der Waals surface area contributed by atoms with Gasteiger partial charge in [-0.15, -0.1) is 0 Å². The first-order chi connectivity index (χ1) is 9.83. The van der Waals surface area contributed by atoms with E-state index in [0.29, 0.717) is 12.4 Å². The van der Waals surface area contributed by atoms with Crippen LogP contribution in [-0.2, 0) is 6.54 Å². The van der Waals surface area contributed by atoms with E-state index < -0.39 is 0 Å². The Balaban J connectivity index is 1.65. The Morgan fingerprint density at radius 3 is 2.80 bits per heavy atom. The van der Waals surface area contributed by atoms with Crippen molar-refractivity contribution in [2.24, 2.45) is 0 Å². The third kappa shape index (κ3) is 2.75. The normalized spacial score (nSPS) is 12.4. The van der Waals surface area contributed by atoms with Crippen molar-refractivity contribution >= 4 is 0 Å². The van der Waals surface area contributed by atoms with Crippen LogP contribution in [0.4, 0.5) is 0 Å². The quantitative estimate of drug-likeness (QED) is 0.768. The molecular weight excluding hydrogens is 254 g/mol. The number of benzene rings is 1. The summed E-state index contributed by atoms with van der Waals surface area (Å²) in [5.74, 6) is 0.659. The second kappa shape index (κ2) is 5.66. The predicted molar refractivity (Wildman–Crippen MR) is 73.1 cm³/mol. The largest absolute Gasteiger partial charge is 0.343 e. The average Bonchev–Trinajstić information content (AvgIpc) is 3.18. The molecule has 1 aromatic carbocycles. The molecule has 0 saturated heterocycles. The van der Waals surface area contributed by atoms with Gasteiger partial charge in [0.15, 0.2) is 5.82 Å². The smallest absolute Gasteiger partial charge is 0.213 e. The van der Waals surface area contributed by atoms with Crippen LogP contribution in [0.5, 0.6) is 0 Å². The van der Waals surface area contributed by atoms with Crippen molar-refractivity contribution in [3.05, 3.63) is 60.8 Å². The molecule has 2 aromatic heterocycles. The highest BCUT2D eigenvalue weighted by Crippen LogP contribution is 2.15. The maximum Gasteiger partial charge on any atom is 0.213 e. The first-order valence-corrected chi connectivity index (χ1v) is 6.40. The maximum atomic E-state index is 4.70. The first-order valence-electron chi connectivity index (χ1n) is 6.40. The molecule has 6 nitrogen and oxygen atoms in total. The third-order valence-corrected chi connectivity index (χ3v) is 3.17. The third-order valence-electron chi connectivity index (χ3n) is 3.17. The standard InChI is InChI=1S/C14H15N5O/c1-11(16-8-14-17-10-20-18-14)12-2-4-13(5-3-12)19-7-6-15-9-19/h2-7,9-11,16H,8H2,1H3. The minimum atomic E-state index is 0.213. The van der Waals surface area contributed by atoms with E-state index in [1.54, 1.807) is 12.5 Å². The molecule has 102 valence electrons. The van der Waals surface area contributed by atoms with Crippen molar-refractivity contribution in [3.8, 4) is 5.69 Å². The molecule has 1 N–H and O–H groups in total. The topological polar surface area (TPSA) is 68.8 Å². The van der Waals surface area contributed by atoms with Gasteiger partial charge in [0.1, 0.15) is 0 Å². The van der Waals surface area contributed by atoms with Crippen LogP contribution in [0.3, 0.4) is 0 Å². The number of aromatic nitrogens is 4. The van der Waals surface area contributed by atoms with Crippen LogP contribution in [-0.4, -0.2) is 19.7 Å². The highest BCUT2D eigenvalue weighted by molar-refractivity contribution is 5.35. The molecule has 1 unspecified atom stereocenters. The lowest BCUT2D eigenvalue weighted by Gasteiger charge is -2.13. The van der Waals surface area contributed by atoms with Gasteiger partial charge in [0.25, 0.3) is 0 Å². The van der Waals surface area contributed by atoms with Gasteiger partial charge in [0.2, 0.25) is 6.39 Å². The Kier molecular flexibility index (Phi) is 3.56. The zero-order valence-electron chi connectivity index (χ0n) is 11.1. The van der Waals surface area contributed by atoms with Crippen molar-refractivity contribution in [3.63, 3.8) is 0 Å². The van der Waals surface area contributed by atoms with Gasteiger partial charge in [-0.05, 0) is 24.6 Å². The summed E-state index contributed by atoms with van der Waals surface area (Å²) in [6.45, 7) is 2.69. The molecule has 0 aliphatic rings. The number of nitrogens with one attached hydrogen (secondary N) is 1. The second-order valence-electron chi connectivity index (χ2n) is 4.51. The zero-order chi connectivity index (χ0) is 13.8. The second-order valence-corrected chi connectivity index (χ2v) is 4.51. The van der Waals surface area contributed by atoms with Crippen LogP contribution in [0.15, 0.2) is 53.9 Å². The monoisotopic (exact) mass is 269 g/mol. The Labute approximate surface area is 116 Å². The van der Waals surface area contributed by atoms with Gasteiger partial charge in [0, 0.05) is 24.1 Å². The molecule has 2 heterocycles. The minimum absolute atomic E-state index is 0.213. The summed E-state index contributed by atoms with van der Waals surface area (Å²) in [6.07, 6.45) is 6.81. The Bertz CT molecular complexity index is 631. The molecule has 3 rings (SSSR count). The van der Waals surface area contributed by atoms with Crippen molar-refractivity contribution in [1.29, 1.82) is 0 Å². The summed E-state index contributed by atoms with van der Waals surface area (Å²) in [5, 5.41) is 7.12.